The summed E-state index contributed by atoms with van der Waals surface area (Å²) in [6.45, 7) is 3.61. The molecular formula is C14H22N2O3. The van der Waals surface area contributed by atoms with Crippen LogP contribution in [0.2, 0.25) is 0 Å². The molecule has 0 amide bonds. The lowest BCUT2D eigenvalue weighted by molar-refractivity contribution is 0.138. The van der Waals surface area contributed by atoms with Crippen molar-refractivity contribution in [3.63, 3.8) is 0 Å². The third kappa shape index (κ3) is 3.58. The summed E-state index contributed by atoms with van der Waals surface area (Å²) in [5.41, 5.74) is 5.54. The summed E-state index contributed by atoms with van der Waals surface area (Å²) < 4.78 is 5.27. The molecule has 19 heavy (non-hydrogen) atoms. The largest absolute Gasteiger partial charge is 0.502 e. The van der Waals surface area contributed by atoms with Gasteiger partial charge in [-0.15, -0.1) is 0 Å². The van der Waals surface area contributed by atoms with Gasteiger partial charge in [-0.2, -0.15) is 0 Å². The van der Waals surface area contributed by atoms with Crippen molar-refractivity contribution in [3.05, 3.63) is 28.3 Å². The SMILES string of the molecule is CCN(Cc1cc(=O)c(O)co1)C1CCC(N)CC1. The second-order valence-electron chi connectivity index (χ2n) is 5.23. The van der Waals surface area contributed by atoms with Crippen LogP contribution in [0.25, 0.3) is 0 Å². The summed E-state index contributed by atoms with van der Waals surface area (Å²) in [6, 6.07) is 2.21. The van der Waals surface area contributed by atoms with Crippen molar-refractivity contribution in [2.24, 2.45) is 5.73 Å². The maximum Gasteiger partial charge on any atom is 0.226 e. The summed E-state index contributed by atoms with van der Waals surface area (Å²) in [6.07, 6.45) is 5.42. The molecule has 106 valence electrons. The highest BCUT2D eigenvalue weighted by Gasteiger charge is 2.23. The number of hydrogen-bond acceptors (Lipinski definition) is 5. The first-order valence-corrected chi connectivity index (χ1v) is 6.90. The standard InChI is InChI=1S/C14H22N2O3/c1-2-16(11-5-3-10(15)4-6-11)8-12-7-13(17)14(18)9-19-12/h7,9-11,18H,2-6,8,15H2,1H3. The number of rotatable bonds is 4. The molecule has 3 N–H and O–H groups in total. The molecule has 1 aliphatic carbocycles. The van der Waals surface area contributed by atoms with E-state index in [2.05, 4.69) is 11.8 Å². The Kier molecular flexibility index (Phi) is 4.61. The van der Waals surface area contributed by atoms with Gasteiger partial charge in [0.25, 0.3) is 0 Å². The van der Waals surface area contributed by atoms with E-state index in [1.807, 2.05) is 0 Å². The van der Waals surface area contributed by atoms with E-state index in [-0.39, 0.29) is 11.2 Å². The lowest BCUT2D eigenvalue weighted by Crippen LogP contribution is -2.40. The Morgan fingerprint density at radius 3 is 2.68 bits per heavy atom. The smallest absolute Gasteiger partial charge is 0.226 e. The van der Waals surface area contributed by atoms with E-state index in [0.29, 0.717) is 24.4 Å². The van der Waals surface area contributed by atoms with Gasteiger partial charge in [-0.25, -0.2) is 0 Å². The molecule has 1 saturated carbocycles. The molecule has 0 radical (unpaired) electrons. The maximum absolute atomic E-state index is 11.4. The number of nitrogens with zero attached hydrogens (tertiary/aromatic N) is 1. The molecule has 0 unspecified atom stereocenters. The number of nitrogens with two attached hydrogens (primary N) is 1. The normalized spacial score (nSPS) is 23.7. The molecule has 1 heterocycles. The molecule has 2 rings (SSSR count). The van der Waals surface area contributed by atoms with Crippen molar-refractivity contribution in [1.29, 1.82) is 0 Å². The monoisotopic (exact) mass is 266 g/mol. The second kappa shape index (κ2) is 6.21. The highest BCUT2D eigenvalue weighted by atomic mass is 16.4. The van der Waals surface area contributed by atoms with Gasteiger partial charge in [0.15, 0.2) is 5.75 Å². The van der Waals surface area contributed by atoms with Gasteiger partial charge in [-0.05, 0) is 32.2 Å². The highest BCUT2D eigenvalue weighted by Crippen LogP contribution is 2.23. The van der Waals surface area contributed by atoms with Crippen LogP contribution < -0.4 is 11.2 Å². The van der Waals surface area contributed by atoms with Gasteiger partial charge >= 0.3 is 0 Å². The van der Waals surface area contributed by atoms with Crippen molar-refractivity contribution in [1.82, 2.24) is 4.90 Å². The molecule has 0 spiro atoms. The first-order chi connectivity index (χ1) is 9.10. The molecule has 0 saturated heterocycles. The summed E-state index contributed by atoms with van der Waals surface area (Å²) in [5, 5.41) is 9.18. The van der Waals surface area contributed by atoms with E-state index in [1.54, 1.807) is 0 Å². The Morgan fingerprint density at radius 1 is 1.42 bits per heavy atom. The Morgan fingerprint density at radius 2 is 2.11 bits per heavy atom. The average molecular weight is 266 g/mol. The van der Waals surface area contributed by atoms with Crippen LogP contribution in [-0.2, 0) is 6.54 Å². The molecule has 1 aliphatic rings. The molecule has 0 bridgehead atoms. The van der Waals surface area contributed by atoms with Crippen molar-refractivity contribution in [2.75, 3.05) is 6.54 Å². The summed E-state index contributed by atoms with van der Waals surface area (Å²) in [7, 11) is 0. The van der Waals surface area contributed by atoms with Crippen molar-refractivity contribution in [2.45, 2.75) is 51.2 Å². The number of aromatic hydroxyl groups is 1. The van der Waals surface area contributed by atoms with Gasteiger partial charge in [0.05, 0.1) is 6.54 Å². The Balaban J connectivity index is 2.02. The van der Waals surface area contributed by atoms with Gasteiger partial charge in [0.2, 0.25) is 5.43 Å². The van der Waals surface area contributed by atoms with Crippen LogP contribution >= 0.6 is 0 Å². The van der Waals surface area contributed by atoms with Gasteiger partial charge in [-0.1, -0.05) is 6.92 Å². The Labute approximate surface area is 113 Å². The maximum atomic E-state index is 11.4. The van der Waals surface area contributed by atoms with Crippen LogP contribution in [0, 0.1) is 0 Å². The minimum atomic E-state index is -0.386. The quantitative estimate of drug-likeness (QED) is 0.862. The van der Waals surface area contributed by atoms with Crippen LogP contribution in [-0.4, -0.2) is 28.6 Å². The average Bonchev–Trinajstić information content (AvgIpc) is 2.41. The van der Waals surface area contributed by atoms with E-state index < -0.39 is 0 Å². The molecule has 0 aliphatic heterocycles. The molecule has 1 fully saturated rings. The van der Waals surface area contributed by atoms with E-state index >= 15 is 0 Å². The van der Waals surface area contributed by atoms with Crippen LogP contribution in [0.15, 0.2) is 21.5 Å². The number of hydrogen-bond donors (Lipinski definition) is 2. The zero-order valence-electron chi connectivity index (χ0n) is 11.3. The highest BCUT2D eigenvalue weighted by molar-refractivity contribution is 5.15. The molecule has 5 heteroatoms. The third-order valence-electron chi connectivity index (χ3n) is 3.89. The van der Waals surface area contributed by atoms with E-state index in [1.165, 1.54) is 6.07 Å². The minimum absolute atomic E-state index is 0.335. The summed E-state index contributed by atoms with van der Waals surface area (Å²) in [5.74, 6) is 0.259. The molecular weight excluding hydrogens is 244 g/mol. The van der Waals surface area contributed by atoms with Crippen LogP contribution in [0.1, 0.15) is 38.4 Å². The van der Waals surface area contributed by atoms with Gasteiger partial charge in [0.1, 0.15) is 12.0 Å². The first kappa shape index (κ1) is 14.1. The van der Waals surface area contributed by atoms with Gasteiger partial charge in [0, 0.05) is 18.2 Å². The van der Waals surface area contributed by atoms with Crippen molar-refractivity contribution >= 4 is 0 Å². The third-order valence-corrected chi connectivity index (χ3v) is 3.89. The summed E-state index contributed by atoms with van der Waals surface area (Å²) >= 11 is 0. The van der Waals surface area contributed by atoms with Crippen molar-refractivity contribution in [3.8, 4) is 5.75 Å². The van der Waals surface area contributed by atoms with Crippen LogP contribution in [0.3, 0.4) is 0 Å². The molecule has 0 atom stereocenters. The van der Waals surface area contributed by atoms with E-state index in [4.69, 9.17) is 10.2 Å². The predicted octanol–water partition coefficient (Wildman–Crippen LogP) is 1.44. The van der Waals surface area contributed by atoms with Crippen molar-refractivity contribution < 1.29 is 9.52 Å². The van der Waals surface area contributed by atoms with Gasteiger partial charge < -0.3 is 15.3 Å². The van der Waals surface area contributed by atoms with Gasteiger partial charge in [-0.3, -0.25) is 9.69 Å². The molecule has 1 aromatic heterocycles. The second-order valence-corrected chi connectivity index (χ2v) is 5.23. The fraction of sp³-hybridized carbons (Fsp3) is 0.643. The fourth-order valence-electron chi connectivity index (χ4n) is 2.69. The topological polar surface area (TPSA) is 79.7 Å². The zero-order valence-corrected chi connectivity index (χ0v) is 11.3. The predicted molar refractivity (Wildman–Crippen MR) is 73.0 cm³/mol. The molecule has 1 aromatic rings. The summed E-state index contributed by atoms with van der Waals surface area (Å²) in [4.78, 5) is 13.7. The van der Waals surface area contributed by atoms with E-state index in [0.717, 1.165) is 38.5 Å². The molecule has 0 aromatic carbocycles. The van der Waals surface area contributed by atoms with Crippen LogP contribution in [0.4, 0.5) is 0 Å². The van der Waals surface area contributed by atoms with Crippen LogP contribution in [0.5, 0.6) is 5.75 Å². The first-order valence-electron chi connectivity index (χ1n) is 6.90. The molecule has 5 nitrogen and oxygen atoms in total. The Hall–Kier alpha value is -1.33. The lowest BCUT2D eigenvalue weighted by atomic mass is 9.90. The minimum Gasteiger partial charge on any atom is -0.502 e. The van der Waals surface area contributed by atoms with E-state index in [9.17, 15) is 9.90 Å². The Bertz CT molecular complexity index is 464. The zero-order chi connectivity index (χ0) is 13.8. The fourth-order valence-corrected chi connectivity index (χ4v) is 2.69. The lowest BCUT2D eigenvalue weighted by Gasteiger charge is -2.35.